The lowest BCUT2D eigenvalue weighted by molar-refractivity contribution is 0.0294. The summed E-state index contributed by atoms with van der Waals surface area (Å²) < 4.78 is 53.2. The van der Waals surface area contributed by atoms with E-state index in [4.69, 9.17) is 13.6 Å². The Morgan fingerprint density at radius 3 is 1.92 bits per heavy atom. The van der Waals surface area contributed by atoms with E-state index in [1.54, 1.807) is 61.5 Å². The first-order valence-corrected chi connectivity index (χ1v) is 11.1. The molecule has 1 unspecified atom stereocenters. The second-order valence-electron chi connectivity index (χ2n) is 5.88. The second-order valence-corrected chi connectivity index (χ2v) is 9.80. The zero-order valence-corrected chi connectivity index (χ0v) is 16.7. The van der Waals surface area contributed by atoms with E-state index in [2.05, 4.69) is 0 Å². The van der Waals surface area contributed by atoms with E-state index in [-0.39, 0.29) is 17.1 Å². The number of sulfone groups is 1. The van der Waals surface area contributed by atoms with Gasteiger partial charge in [0.1, 0.15) is 5.60 Å². The van der Waals surface area contributed by atoms with Crippen molar-refractivity contribution in [3.63, 3.8) is 0 Å². The highest BCUT2D eigenvalue weighted by Gasteiger charge is 2.39. The molecule has 0 aliphatic rings. The Bertz CT molecular complexity index is 846. The molecule has 0 radical (unpaired) electrons. The number of rotatable bonds is 9. The maximum Gasteiger partial charge on any atom is 0.475 e. The van der Waals surface area contributed by atoms with Crippen molar-refractivity contribution >= 4 is 17.7 Å². The molecule has 0 bridgehead atoms. The molecule has 0 saturated heterocycles. The molecule has 0 amide bonds. The average molecular weight is 398 g/mol. The fourth-order valence-corrected chi connectivity index (χ4v) is 4.96. The molecule has 0 N–H and O–H groups in total. The number of benzene rings is 2. The third-order valence-corrected chi connectivity index (χ3v) is 7.35. The molecule has 26 heavy (non-hydrogen) atoms. The molecule has 1 atom stereocenters. The van der Waals surface area contributed by atoms with Crippen LogP contribution >= 0.6 is 7.82 Å². The quantitative estimate of drug-likeness (QED) is 0.590. The number of hydrogen-bond donors (Lipinski definition) is 0. The Hall–Kier alpha value is -1.50. The van der Waals surface area contributed by atoms with Crippen LogP contribution in [0.3, 0.4) is 0 Å². The summed E-state index contributed by atoms with van der Waals surface area (Å²) in [6.07, 6.45) is 0.0744. The summed E-state index contributed by atoms with van der Waals surface area (Å²) in [4.78, 5) is 0.233. The standard InChI is InChI=1S/C18H23O6PS/c1-18(16-10-6-4-7-11-16,24-25(19,22-2)23-3)14-15-26(20,21)17-12-8-5-9-13-17/h4-13H,14-15H2,1-3H3. The predicted molar refractivity (Wildman–Crippen MR) is 99.6 cm³/mol. The molecule has 8 heteroatoms. The fourth-order valence-electron chi connectivity index (χ4n) is 2.50. The molecule has 0 saturated carbocycles. The zero-order chi connectivity index (χ0) is 19.3. The second kappa shape index (κ2) is 8.46. The van der Waals surface area contributed by atoms with Gasteiger partial charge in [-0.25, -0.2) is 13.0 Å². The van der Waals surface area contributed by atoms with Gasteiger partial charge in [-0.1, -0.05) is 48.5 Å². The van der Waals surface area contributed by atoms with Crippen LogP contribution < -0.4 is 0 Å². The van der Waals surface area contributed by atoms with Gasteiger partial charge >= 0.3 is 7.82 Å². The summed E-state index contributed by atoms with van der Waals surface area (Å²) in [7, 11) is -4.90. The van der Waals surface area contributed by atoms with Crippen molar-refractivity contribution in [2.75, 3.05) is 20.0 Å². The van der Waals surface area contributed by atoms with E-state index in [1.807, 2.05) is 6.07 Å². The van der Waals surface area contributed by atoms with Crippen molar-refractivity contribution in [3.05, 3.63) is 66.2 Å². The van der Waals surface area contributed by atoms with Crippen molar-refractivity contribution in [2.24, 2.45) is 0 Å². The average Bonchev–Trinajstić information content (AvgIpc) is 2.68. The highest BCUT2D eigenvalue weighted by molar-refractivity contribution is 7.91. The Morgan fingerprint density at radius 2 is 1.42 bits per heavy atom. The van der Waals surface area contributed by atoms with Crippen LogP contribution in [0.2, 0.25) is 0 Å². The van der Waals surface area contributed by atoms with Crippen LogP contribution in [0, 0.1) is 0 Å². The van der Waals surface area contributed by atoms with E-state index in [0.717, 1.165) is 0 Å². The van der Waals surface area contributed by atoms with Crippen LogP contribution in [0.25, 0.3) is 0 Å². The van der Waals surface area contributed by atoms with Gasteiger partial charge in [-0.05, 0) is 31.0 Å². The van der Waals surface area contributed by atoms with Gasteiger partial charge in [-0.3, -0.25) is 13.6 Å². The Labute approximate surface area is 154 Å². The largest absolute Gasteiger partial charge is 0.475 e. The maximum absolute atomic E-state index is 12.6. The molecule has 6 nitrogen and oxygen atoms in total. The Kier molecular flexibility index (Phi) is 6.77. The lowest BCUT2D eigenvalue weighted by Crippen LogP contribution is -2.28. The molecule has 142 valence electrons. The zero-order valence-electron chi connectivity index (χ0n) is 15.0. The van der Waals surface area contributed by atoms with E-state index in [0.29, 0.717) is 5.56 Å². The van der Waals surface area contributed by atoms with Gasteiger partial charge in [-0.2, -0.15) is 0 Å². The first kappa shape index (κ1) is 20.8. The van der Waals surface area contributed by atoms with E-state index >= 15 is 0 Å². The smallest absolute Gasteiger partial charge is 0.290 e. The molecule has 0 aromatic heterocycles. The van der Waals surface area contributed by atoms with Crippen LogP contribution in [0.5, 0.6) is 0 Å². The van der Waals surface area contributed by atoms with Crippen molar-refractivity contribution in [1.82, 2.24) is 0 Å². The summed E-state index contributed by atoms with van der Waals surface area (Å²) in [6, 6.07) is 17.2. The minimum Gasteiger partial charge on any atom is -0.290 e. The molecule has 0 heterocycles. The minimum absolute atomic E-state index is 0.0744. The lowest BCUT2D eigenvalue weighted by atomic mass is 9.93. The van der Waals surface area contributed by atoms with Crippen LogP contribution in [0.4, 0.5) is 0 Å². The van der Waals surface area contributed by atoms with Crippen LogP contribution in [0.1, 0.15) is 18.9 Å². The van der Waals surface area contributed by atoms with Crippen molar-refractivity contribution in [3.8, 4) is 0 Å². The Morgan fingerprint density at radius 1 is 0.923 bits per heavy atom. The highest BCUT2D eigenvalue weighted by Crippen LogP contribution is 2.54. The van der Waals surface area contributed by atoms with Gasteiger partial charge in [0.25, 0.3) is 0 Å². The van der Waals surface area contributed by atoms with E-state index < -0.39 is 23.3 Å². The van der Waals surface area contributed by atoms with Crippen LogP contribution in [-0.2, 0) is 33.6 Å². The van der Waals surface area contributed by atoms with Crippen LogP contribution in [-0.4, -0.2) is 28.4 Å². The molecular weight excluding hydrogens is 375 g/mol. The minimum atomic E-state index is -3.82. The predicted octanol–water partition coefficient (Wildman–Crippen LogP) is 4.18. The summed E-state index contributed by atoms with van der Waals surface area (Å²) in [5.41, 5.74) is -0.498. The first-order valence-electron chi connectivity index (χ1n) is 8.00. The number of hydrogen-bond acceptors (Lipinski definition) is 6. The molecule has 0 fully saturated rings. The van der Waals surface area contributed by atoms with E-state index in [9.17, 15) is 13.0 Å². The maximum atomic E-state index is 12.6. The van der Waals surface area contributed by atoms with Gasteiger partial charge in [-0.15, -0.1) is 0 Å². The number of phosphoric ester groups is 1. The fraction of sp³-hybridized carbons (Fsp3) is 0.333. The van der Waals surface area contributed by atoms with Gasteiger partial charge in [0.15, 0.2) is 9.84 Å². The molecule has 0 spiro atoms. The number of phosphoric acid groups is 1. The SMILES string of the molecule is COP(=O)(OC)OC(C)(CCS(=O)(=O)c1ccccc1)c1ccccc1. The first-order chi connectivity index (χ1) is 12.2. The summed E-state index contributed by atoms with van der Waals surface area (Å²) in [5.74, 6) is -0.185. The molecule has 0 aliphatic carbocycles. The van der Waals surface area contributed by atoms with Gasteiger partial charge < -0.3 is 0 Å². The Balaban J connectivity index is 2.32. The summed E-state index contributed by atoms with van der Waals surface area (Å²) >= 11 is 0. The lowest BCUT2D eigenvalue weighted by Gasteiger charge is -2.32. The monoisotopic (exact) mass is 398 g/mol. The molecule has 0 aliphatic heterocycles. The van der Waals surface area contributed by atoms with Crippen LogP contribution in [0.15, 0.2) is 65.6 Å². The van der Waals surface area contributed by atoms with E-state index in [1.165, 1.54) is 14.2 Å². The van der Waals surface area contributed by atoms with Crippen molar-refractivity contribution in [1.29, 1.82) is 0 Å². The van der Waals surface area contributed by atoms with Gasteiger partial charge in [0, 0.05) is 14.2 Å². The molecule has 2 aromatic carbocycles. The molecule has 2 aromatic rings. The third-order valence-electron chi connectivity index (χ3n) is 4.10. The van der Waals surface area contributed by atoms with Gasteiger partial charge in [0.2, 0.25) is 0 Å². The third kappa shape index (κ3) is 5.02. The molecule has 2 rings (SSSR count). The van der Waals surface area contributed by atoms with Gasteiger partial charge in [0.05, 0.1) is 10.6 Å². The highest BCUT2D eigenvalue weighted by atomic mass is 32.2. The van der Waals surface area contributed by atoms with Crippen molar-refractivity contribution < 1.29 is 26.6 Å². The molecular formula is C18H23O6PS. The van der Waals surface area contributed by atoms with Crippen molar-refractivity contribution in [2.45, 2.75) is 23.8 Å². The summed E-state index contributed by atoms with van der Waals surface area (Å²) in [6.45, 7) is 1.67. The topological polar surface area (TPSA) is 78.9 Å². The summed E-state index contributed by atoms with van der Waals surface area (Å²) in [5, 5.41) is 0. The normalized spacial score (nSPS) is 14.7.